The van der Waals surface area contributed by atoms with E-state index in [1.165, 1.54) is 5.56 Å². The van der Waals surface area contributed by atoms with Gasteiger partial charge in [0.15, 0.2) is 5.65 Å². The van der Waals surface area contributed by atoms with Crippen LogP contribution in [-0.4, -0.2) is 33.4 Å². The number of hydrogen-bond acceptors (Lipinski definition) is 5. The normalized spacial score (nSPS) is 17.8. The zero-order valence-corrected chi connectivity index (χ0v) is 13.3. The molecule has 3 heterocycles. The van der Waals surface area contributed by atoms with Crippen molar-refractivity contribution >= 4 is 16.9 Å². The topological polar surface area (TPSA) is 56.1 Å². The Bertz CT molecular complexity index is 827. The zero-order chi connectivity index (χ0) is 15.8. The third-order valence-electron chi connectivity index (χ3n) is 4.53. The number of nitrogens with zero attached hydrogens (tertiary/aromatic N) is 5. The Morgan fingerprint density at radius 2 is 2.00 bits per heavy atom. The molecule has 6 heteroatoms. The molecule has 0 saturated carbocycles. The smallest absolute Gasteiger partial charge is 0.163 e. The van der Waals surface area contributed by atoms with E-state index in [4.69, 9.17) is 4.74 Å². The second kappa shape index (κ2) is 5.53. The van der Waals surface area contributed by atoms with Gasteiger partial charge < -0.3 is 9.64 Å². The van der Waals surface area contributed by atoms with Gasteiger partial charge in [0.05, 0.1) is 24.7 Å². The Labute approximate surface area is 134 Å². The molecule has 0 N–H and O–H groups in total. The van der Waals surface area contributed by atoms with Crippen LogP contribution in [0.5, 0.6) is 5.75 Å². The highest BCUT2D eigenvalue weighted by molar-refractivity contribution is 5.87. The highest BCUT2D eigenvalue weighted by Crippen LogP contribution is 2.37. The van der Waals surface area contributed by atoms with Crippen molar-refractivity contribution in [1.82, 2.24) is 19.7 Å². The lowest BCUT2D eigenvalue weighted by atomic mass is 10.0. The molecule has 4 rings (SSSR count). The van der Waals surface area contributed by atoms with Gasteiger partial charge in [-0.25, -0.2) is 9.97 Å². The molecule has 6 nitrogen and oxygen atoms in total. The highest BCUT2D eigenvalue weighted by Gasteiger charge is 2.29. The Morgan fingerprint density at radius 1 is 1.17 bits per heavy atom. The van der Waals surface area contributed by atoms with Gasteiger partial charge in [0.2, 0.25) is 0 Å². The second-order valence-electron chi connectivity index (χ2n) is 5.83. The molecule has 1 aromatic carbocycles. The van der Waals surface area contributed by atoms with Crippen molar-refractivity contribution in [2.45, 2.75) is 18.9 Å². The average Bonchev–Trinajstić information content (AvgIpc) is 3.22. The molecule has 1 saturated heterocycles. The summed E-state index contributed by atoms with van der Waals surface area (Å²) in [6.45, 7) is 0.998. The number of benzene rings is 1. The molecule has 118 valence electrons. The van der Waals surface area contributed by atoms with Crippen LogP contribution in [0.25, 0.3) is 11.0 Å². The lowest BCUT2D eigenvalue weighted by Crippen LogP contribution is -2.23. The number of hydrogen-bond donors (Lipinski definition) is 0. The number of rotatable bonds is 3. The number of anilines is 1. The van der Waals surface area contributed by atoms with Crippen LogP contribution >= 0.6 is 0 Å². The van der Waals surface area contributed by atoms with Gasteiger partial charge in [-0.3, -0.25) is 4.68 Å². The minimum Gasteiger partial charge on any atom is -0.497 e. The van der Waals surface area contributed by atoms with E-state index in [0.717, 1.165) is 42.0 Å². The van der Waals surface area contributed by atoms with E-state index < -0.39 is 0 Å². The van der Waals surface area contributed by atoms with Crippen molar-refractivity contribution in [2.75, 3.05) is 18.6 Å². The molecule has 3 aromatic rings. The second-order valence-corrected chi connectivity index (χ2v) is 5.83. The van der Waals surface area contributed by atoms with Gasteiger partial charge in [-0.2, -0.15) is 5.10 Å². The van der Waals surface area contributed by atoms with Gasteiger partial charge in [0.25, 0.3) is 0 Å². The molecule has 2 aromatic heterocycles. The molecule has 0 unspecified atom stereocenters. The molecular formula is C17H19N5O. The first kappa shape index (κ1) is 14.0. The van der Waals surface area contributed by atoms with Gasteiger partial charge >= 0.3 is 0 Å². The van der Waals surface area contributed by atoms with Crippen molar-refractivity contribution in [3.8, 4) is 5.75 Å². The van der Waals surface area contributed by atoms with Crippen LogP contribution in [0.15, 0.2) is 36.8 Å². The monoisotopic (exact) mass is 309 g/mol. The summed E-state index contributed by atoms with van der Waals surface area (Å²) in [5.74, 6) is 1.86. The maximum Gasteiger partial charge on any atom is 0.163 e. The fourth-order valence-electron chi connectivity index (χ4n) is 3.37. The first-order chi connectivity index (χ1) is 11.3. The number of aryl methyl sites for hydroxylation is 1. The van der Waals surface area contributed by atoms with E-state index in [2.05, 4.69) is 32.1 Å². The third-order valence-corrected chi connectivity index (χ3v) is 4.53. The lowest BCUT2D eigenvalue weighted by molar-refractivity contribution is 0.414. The maximum absolute atomic E-state index is 5.26. The van der Waals surface area contributed by atoms with Crippen LogP contribution in [0.3, 0.4) is 0 Å². The standard InChI is InChI=1S/C17H19N5O/c1-21-16-14(10-20-21)17(19-11-18-16)22-9-3-4-15(22)12-5-7-13(23-2)8-6-12/h5-8,10-11,15H,3-4,9H2,1-2H3/t15-/m1/s1. The first-order valence-electron chi connectivity index (χ1n) is 7.81. The van der Waals surface area contributed by atoms with Gasteiger partial charge in [0, 0.05) is 13.6 Å². The summed E-state index contributed by atoms with van der Waals surface area (Å²) >= 11 is 0. The lowest BCUT2D eigenvalue weighted by Gasteiger charge is -2.26. The number of methoxy groups -OCH3 is 1. The Hall–Kier alpha value is -2.63. The van der Waals surface area contributed by atoms with Gasteiger partial charge in [-0.05, 0) is 30.5 Å². The predicted molar refractivity (Wildman–Crippen MR) is 88.6 cm³/mol. The molecule has 1 aliphatic heterocycles. The molecule has 1 atom stereocenters. The van der Waals surface area contributed by atoms with Gasteiger partial charge in [-0.15, -0.1) is 0 Å². The van der Waals surface area contributed by atoms with Crippen LogP contribution < -0.4 is 9.64 Å². The molecule has 0 radical (unpaired) electrons. The molecule has 0 bridgehead atoms. The largest absolute Gasteiger partial charge is 0.497 e. The van der Waals surface area contributed by atoms with Gasteiger partial charge in [0.1, 0.15) is 17.9 Å². The van der Waals surface area contributed by atoms with Crippen molar-refractivity contribution in [2.24, 2.45) is 7.05 Å². The Morgan fingerprint density at radius 3 is 2.78 bits per heavy atom. The summed E-state index contributed by atoms with van der Waals surface area (Å²) in [5, 5.41) is 5.33. The summed E-state index contributed by atoms with van der Waals surface area (Å²) in [6, 6.07) is 8.66. The van der Waals surface area contributed by atoms with Gasteiger partial charge in [-0.1, -0.05) is 12.1 Å². The fourth-order valence-corrected chi connectivity index (χ4v) is 3.37. The van der Waals surface area contributed by atoms with Crippen molar-refractivity contribution in [3.63, 3.8) is 0 Å². The number of fused-ring (bicyclic) bond motifs is 1. The summed E-state index contributed by atoms with van der Waals surface area (Å²) in [6.07, 6.45) is 5.76. The average molecular weight is 309 g/mol. The SMILES string of the molecule is COc1ccc([C@H]2CCCN2c2ncnc3c2cnn3C)cc1. The van der Waals surface area contributed by atoms with Crippen LogP contribution in [0.4, 0.5) is 5.82 Å². The maximum atomic E-state index is 5.26. The fraction of sp³-hybridized carbons (Fsp3) is 0.353. The summed E-state index contributed by atoms with van der Waals surface area (Å²) in [4.78, 5) is 11.3. The summed E-state index contributed by atoms with van der Waals surface area (Å²) < 4.78 is 7.05. The minimum atomic E-state index is 0.333. The summed E-state index contributed by atoms with van der Waals surface area (Å²) in [7, 11) is 3.60. The van der Waals surface area contributed by atoms with E-state index >= 15 is 0 Å². The predicted octanol–water partition coefficient (Wildman–Crippen LogP) is 2.71. The van der Waals surface area contributed by atoms with Crippen LogP contribution in [0, 0.1) is 0 Å². The first-order valence-corrected chi connectivity index (χ1v) is 7.81. The van der Waals surface area contributed by atoms with E-state index in [1.807, 2.05) is 25.4 Å². The van der Waals surface area contributed by atoms with Crippen molar-refractivity contribution < 1.29 is 4.74 Å². The van der Waals surface area contributed by atoms with E-state index in [1.54, 1.807) is 18.1 Å². The van der Waals surface area contributed by atoms with Crippen molar-refractivity contribution in [3.05, 3.63) is 42.4 Å². The number of ether oxygens (including phenoxy) is 1. The molecule has 0 spiro atoms. The third kappa shape index (κ3) is 2.30. The van der Waals surface area contributed by atoms with E-state index in [9.17, 15) is 0 Å². The quantitative estimate of drug-likeness (QED) is 0.744. The Balaban J connectivity index is 1.74. The molecular weight excluding hydrogens is 290 g/mol. The van der Waals surface area contributed by atoms with Crippen LogP contribution in [0.2, 0.25) is 0 Å². The zero-order valence-electron chi connectivity index (χ0n) is 13.3. The molecule has 1 fully saturated rings. The minimum absolute atomic E-state index is 0.333. The molecule has 0 amide bonds. The van der Waals surface area contributed by atoms with Crippen LogP contribution in [0.1, 0.15) is 24.4 Å². The number of aromatic nitrogens is 4. The van der Waals surface area contributed by atoms with Crippen molar-refractivity contribution in [1.29, 1.82) is 0 Å². The molecule has 23 heavy (non-hydrogen) atoms. The molecule has 0 aliphatic carbocycles. The highest BCUT2D eigenvalue weighted by atomic mass is 16.5. The molecule has 1 aliphatic rings. The Kier molecular flexibility index (Phi) is 3.37. The van der Waals surface area contributed by atoms with E-state index in [0.29, 0.717) is 6.04 Å². The summed E-state index contributed by atoms with van der Waals surface area (Å²) in [5.41, 5.74) is 2.16. The van der Waals surface area contributed by atoms with Crippen LogP contribution in [-0.2, 0) is 7.05 Å². The van der Waals surface area contributed by atoms with E-state index in [-0.39, 0.29) is 0 Å².